The van der Waals surface area contributed by atoms with Crippen molar-refractivity contribution in [1.29, 1.82) is 0 Å². The lowest BCUT2D eigenvalue weighted by Gasteiger charge is -2.36. The topological polar surface area (TPSA) is 67.6 Å². The molecule has 1 aromatic carbocycles. The highest BCUT2D eigenvalue weighted by atomic mass is 16.5. The predicted molar refractivity (Wildman–Crippen MR) is 92.2 cm³/mol. The number of hydrogen-bond donors (Lipinski definition) is 2. The quantitative estimate of drug-likeness (QED) is 0.659. The smallest absolute Gasteiger partial charge is 0.251 e. The highest BCUT2D eigenvalue weighted by Gasteiger charge is 2.38. The molecule has 0 aromatic heterocycles. The van der Waals surface area contributed by atoms with Crippen molar-refractivity contribution < 1.29 is 9.53 Å². The van der Waals surface area contributed by atoms with Crippen molar-refractivity contribution in [3.8, 4) is 5.75 Å². The number of methoxy groups -OCH3 is 1. The van der Waals surface area contributed by atoms with E-state index < -0.39 is 0 Å². The fourth-order valence-electron chi connectivity index (χ4n) is 3.85. The highest BCUT2D eigenvalue weighted by molar-refractivity contribution is 6.20. The van der Waals surface area contributed by atoms with E-state index in [1.54, 1.807) is 25.3 Å². The second kappa shape index (κ2) is 6.24. The molecule has 2 fully saturated rings. The van der Waals surface area contributed by atoms with Crippen LogP contribution in [0, 0.1) is 0 Å². The number of anilines is 1. The SMILES string of the molecule is C=C(C(=O)NC1CC2CCC(C1)N2C)c1cc(OC)ccc1N. The van der Waals surface area contributed by atoms with E-state index in [1.807, 2.05) is 0 Å². The lowest BCUT2D eigenvalue weighted by molar-refractivity contribution is -0.116. The van der Waals surface area contributed by atoms with Crippen LogP contribution in [0.3, 0.4) is 0 Å². The molecule has 23 heavy (non-hydrogen) atoms. The van der Waals surface area contributed by atoms with Crippen LogP contribution in [0.2, 0.25) is 0 Å². The van der Waals surface area contributed by atoms with Gasteiger partial charge in [0.15, 0.2) is 0 Å². The van der Waals surface area contributed by atoms with Gasteiger partial charge in [-0.2, -0.15) is 0 Å². The molecule has 0 saturated carbocycles. The molecule has 124 valence electrons. The number of nitrogen functional groups attached to an aromatic ring is 1. The number of rotatable bonds is 4. The lowest BCUT2D eigenvalue weighted by Crippen LogP contribution is -2.48. The van der Waals surface area contributed by atoms with Crippen molar-refractivity contribution >= 4 is 17.2 Å². The number of hydrogen-bond acceptors (Lipinski definition) is 4. The molecule has 1 amide bonds. The first-order valence-corrected chi connectivity index (χ1v) is 8.15. The summed E-state index contributed by atoms with van der Waals surface area (Å²) in [4.78, 5) is 15.0. The summed E-state index contributed by atoms with van der Waals surface area (Å²) < 4.78 is 5.20. The van der Waals surface area contributed by atoms with Gasteiger partial charge >= 0.3 is 0 Å². The Labute approximate surface area is 137 Å². The van der Waals surface area contributed by atoms with Gasteiger partial charge in [0.05, 0.1) is 7.11 Å². The molecule has 3 N–H and O–H groups in total. The highest BCUT2D eigenvalue weighted by Crippen LogP contribution is 2.34. The number of nitrogens with zero attached hydrogens (tertiary/aromatic N) is 1. The van der Waals surface area contributed by atoms with Crippen LogP contribution in [-0.2, 0) is 4.79 Å². The molecule has 5 nitrogen and oxygen atoms in total. The first kappa shape index (κ1) is 15.9. The van der Waals surface area contributed by atoms with Crippen LogP contribution in [0.4, 0.5) is 5.69 Å². The Morgan fingerprint density at radius 1 is 1.35 bits per heavy atom. The maximum atomic E-state index is 12.6. The molecule has 5 heteroatoms. The molecule has 2 unspecified atom stereocenters. The zero-order valence-corrected chi connectivity index (χ0v) is 13.8. The number of carbonyl (C=O) groups is 1. The number of benzene rings is 1. The van der Waals surface area contributed by atoms with Gasteiger partial charge in [0, 0.05) is 34.9 Å². The zero-order valence-electron chi connectivity index (χ0n) is 13.8. The summed E-state index contributed by atoms with van der Waals surface area (Å²) in [6.07, 6.45) is 4.49. The van der Waals surface area contributed by atoms with E-state index in [0.717, 1.165) is 12.8 Å². The second-order valence-electron chi connectivity index (χ2n) is 6.62. The minimum atomic E-state index is -0.140. The normalized spacial score (nSPS) is 26.8. The summed E-state index contributed by atoms with van der Waals surface area (Å²) in [5.41, 5.74) is 7.55. The third kappa shape index (κ3) is 3.06. The molecule has 0 aliphatic carbocycles. The summed E-state index contributed by atoms with van der Waals surface area (Å²) in [5, 5.41) is 3.14. The third-order valence-corrected chi connectivity index (χ3v) is 5.29. The molecule has 0 radical (unpaired) electrons. The van der Waals surface area contributed by atoms with E-state index in [1.165, 1.54) is 12.8 Å². The van der Waals surface area contributed by atoms with Crippen LogP contribution in [0.5, 0.6) is 5.75 Å². The molecule has 0 spiro atoms. The fraction of sp³-hybridized carbons (Fsp3) is 0.500. The molecule has 2 saturated heterocycles. The Hall–Kier alpha value is -2.01. The summed E-state index contributed by atoms with van der Waals surface area (Å²) in [7, 11) is 3.78. The molecule has 2 bridgehead atoms. The number of piperidine rings is 1. The minimum Gasteiger partial charge on any atom is -0.497 e. The van der Waals surface area contributed by atoms with E-state index >= 15 is 0 Å². The average molecular weight is 315 g/mol. The van der Waals surface area contributed by atoms with Crippen molar-refractivity contribution in [2.45, 2.75) is 43.8 Å². The van der Waals surface area contributed by atoms with Crippen LogP contribution in [0.15, 0.2) is 24.8 Å². The Morgan fingerprint density at radius 3 is 2.61 bits per heavy atom. The summed E-state index contributed by atoms with van der Waals surface area (Å²) in [6, 6.07) is 6.68. The predicted octanol–water partition coefficient (Wildman–Crippen LogP) is 2.03. The van der Waals surface area contributed by atoms with Crippen LogP contribution in [0.25, 0.3) is 5.57 Å². The van der Waals surface area contributed by atoms with Gasteiger partial charge in [-0.25, -0.2) is 0 Å². The zero-order chi connectivity index (χ0) is 16.6. The number of nitrogens with two attached hydrogens (primary N) is 1. The summed E-state index contributed by atoms with van der Waals surface area (Å²) in [5.74, 6) is 0.527. The monoisotopic (exact) mass is 315 g/mol. The van der Waals surface area contributed by atoms with Gasteiger partial charge in [-0.1, -0.05) is 6.58 Å². The van der Waals surface area contributed by atoms with Crippen molar-refractivity contribution in [3.63, 3.8) is 0 Å². The molecule has 2 atom stereocenters. The Kier molecular flexibility index (Phi) is 4.31. The Bertz CT molecular complexity index is 615. The van der Waals surface area contributed by atoms with E-state index in [4.69, 9.17) is 10.5 Å². The van der Waals surface area contributed by atoms with Gasteiger partial charge in [-0.15, -0.1) is 0 Å². The second-order valence-corrected chi connectivity index (χ2v) is 6.62. The van der Waals surface area contributed by atoms with Crippen LogP contribution in [0.1, 0.15) is 31.2 Å². The van der Waals surface area contributed by atoms with Gasteiger partial charge in [-0.3, -0.25) is 4.79 Å². The van der Waals surface area contributed by atoms with Crippen molar-refractivity contribution in [2.75, 3.05) is 19.9 Å². The van der Waals surface area contributed by atoms with E-state index in [2.05, 4.69) is 23.8 Å². The summed E-state index contributed by atoms with van der Waals surface area (Å²) in [6.45, 7) is 3.94. The van der Waals surface area contributed by atoms with Crippen LogP contribution >= 0.6 is 0 Å². The molecule has 2 aliphatic heterocycles. The number of ether oxygens (including phenoxy) is 1. The standard InChI is InChI=1S/C18H25N3O2/c1-11(16-10-15(23-3)6-7-17(16)19)18(22)20-12-8-13-4-5-14(9-12)21(13)2/h6-7,10,12-14H,1,4-5,8-9,19H2,2-3H3,(H,20,22). The van der Waals surface area contributed by atoms with Crippen molar-refractivity contribution in [3.05, 3.63) is 30.3 Å². The maximum absolute atomic E-state index is 12.6. The van der Waals surface area contributed by atoms with Crippen LogP contribution < -0.4 is 15.8 Å². The largest absolute Gasteiger partial charge is 0.497 e. The first-order valence-electron chi connectivity index (χ1n) is 8.15. The lowest BCUT2D eigenvalue weighted by atomic mass is 9.97. The minimum absolute atomic E-state index is 0.140. The molecular formula is C18H25N3O2. The maximum Gasteiger partial charge on any atom is 0.251 e. The fourth-order valence-corrected chi connectivity index (χ4v) is 3.85. The van der Waals surface area contributed by atoms with Gasteiger partial charge in [0.2, 0.25) is 0 Å². The van der Waals surface area contributed by atoms with E-state index in [9.17, 15) is 4.79 Å². The number of fused-ring (bicyclic) bond motifs is 2. The molecule has 2 heterocycles. The number of amides is 1. The number of nitrogens with one attached hydrogen (secondary N) is 1. The molecule has 1 aromatic rings. The van der Waals surface area contributed by atoms with E-state index in [-0.39, 0.29) is 11.9 Å². The van der Waals surface area contributed by atoms with Gasteiger partial charge < -0.3 is 20.7 Å². The Morgan fingerprint density at radius 2 is 2.00 bits per heavy atom. The van der Waals surface area contributed by atoms with Gasteiger partial charge in [0.25, 0.3) is 5.91 Å². The third-order valence-electron chi connectivity index (χ3n) is 5.29. The van der Waals surface area contributed by atoms with Crippen molar-refractivity contribution in [1.82, 2.24) is 10.2 Å². The first-order chi connectivity index (χ1) is 11.0. The molecular weight excluding hydrogens is 290 g/mol. The molecule has 2 aliphatic rings. The van der Waals surface area contributed by atoms with Gasteiger partial charge in [-0.05, 0) is 50.9 Å². The number of carbonyl (C=O) groups excluding carboxylic acids is 1. The Balaban J connectivity index is 1.68. The van der Waals surface area contributed by atoms with Gasteiger partial charge in [0.1, 0.15) is 5.75 Å². The summed E-state index contributed by atoms with van der Waals surface area (Å²) >= 11 is 0. The molecule has 3 rings (SSSR count). The average Bonchev–Trinajstić information content (AvgIpc) is 2.76. The van der Waals surface area contributed by atoms with Crippen LogP contribution in [-0.4, -0.2) is 43.1 Å². The van der Waals surface area contributed by atoms with E-state index in [0.29, 0.717) is 34.7 Å². The van der Waals surface area contributed by atoms with Crippen molar-refractivity contribution in [2.24, 2.45) is 0 Å².